The second kappa shape index (κ2) is 7.49. The van der Waals surface area contributed by atoms with Gasteiger partial charge in [-0.1, -0.05) is 11.6 Å². The van der Waals surface area contributed by atoms with Crippen LogP contribution in [0.3, 0.4) is 0 Å². The molecule has 0 bridgehead atoms. The van der Waals surface area contributed by atoms with E-state index in [9.17, 15) is 0 Å². The normalized spacial score (nSPS) is 11.8. The molecule has 0 aliphatic heterocycles. The van der Waals surface area contributed by atoms with Crippen LogP contribution in [0.1, 0.15) is 17.4 Å². The fourth-order valence-corrected chi connectivity index (χ4v) is 2.80. The minimum absolute atomic E-state index is 0.0850. The Balaban J connectivity index is 2.08. The van der Waals surface area contributed by atoms with E-state index in [0.717, 1.165) is 11.4 Å². The molecule has 3 aromatic rings. The molecule has 0 aliphatic rings. The maximum absolute atomic E-state index is 6.00. The van der Waals surface area contributed by atoms with Crippen molar-refractivity contribution in [2.24, 2.45) is 7.05 Å². The fourth-order valence-electron chi connectivity index (χ4n) is 2.61. The van der Waals surface area contributed by atoms with Crippen molar-refractivity contribution in [2.75, 3.05) is 25.3 Å². The summed E-state index contributed by atoms with van der Waals surface area (Å²) >= 11 is 6.00. The molecule has 3 rings (SSSR count). The number of hydrogen-bond donors (Lipinski definition) is 2. The molecule has 0 amide bonds. The van der Waals surface area contributed by atoms with Crippen molar-refractivity contribution in [2.45, 2.75) is 6.04 Å². The fraction of sp³-hybridized carbons (Fsp3) is 0.235. The summed E-state index contributed by atoms with van der Waals surface area (Å²) in [6.45, 7) is 0. The molecular formula is C17H19ClN6O2. The van der Waals surface area contributed by atoms with Crippen molar-refractivity contribution in [3.8, 4) is 11.5 Å². The van der Waals surface area contributed by atoms with Gasteiger partial charge in [-0.15, -0.1) is 0 Å². The third kappa shape index (κ3) is 3.80. The van der Waals surface area contributed by atoms with Gasteiger partial charge < -0.3 is 25.1 Å². The minimum Gasteiger partial charge on any atom is -0.497 e. The van der Waals surface area contributed by atoms with Gasteiger partial charge in [0.15, 0.2) is 0 Å². The van der Waals surface area contributed by atoms with E-state index in [4.69, 9.17) is 26.8 Å². The maximum atomic E-state index is 6.00. The number of anilines is 2. The number of hydrogen-bond acceptors (Lipinski definition) is 7. The molecule has 1 aromatic carbocycles. The van der Waals surface area contributed by atoms with Crippen LogP contribution in [-0.4, -0.2) is 33.7 Å². The molecule has 1 unspecified atom stereocenters. The predicted molar refractivity (Wildman–Crippen MR) is 99.7 cm³/mol. The van der Waals surface area contributed by atoms with Gasteiger partial charge in [0.25, 0.3) is 0 Å². The molecule has 0 radical (unpaired) electrons. The Bertz CT molecular complexity index is 872. The number of nitrogens with two attached hydrogens (primary N) is 1. The van der Waals surface area contributed by atoms with E-state index in [2.05, 4.69) is 20.3 Å². The summed E-state index contributed by atoms with van der Waals surface area (Å²) in [6.07, 6.45) is 3.59. The first kappa shape index (κ1) is 17.8. The van der Waals surface area contributed by atoms with E-state index in [-0.39, 0.29) is 17.1 Å². The average molecular weight is 375 g/mol. The van der Waals surface area contributed by atoms with E-state index in [1.165, 1.54) is 0 Å². The zero-order chi connectivity index (χ0) is 18.7. The van der Waals surface area contributed by atoms with Crippen molar-refractivity contribution in [3.63, 3.8) is 0 Å². The first-order valence-corrected chi connectivity index (χ1v) is 8.14. The molecule has 0 saturated heterocycles. The van der Waals surface area contributed by atoms with Crippen LogP contribution in [0.15, 0.2) is 36.7 Å². The number of methoxy groups -OCH3 is 2. The van der Waals surface area contributed by atoms with Gasteiger partial charge in [0.05, 0.1) is 14.2 Å². The maximum Gasteiger partial charge on any atom is 0.223 e. The summed E-state index contributed by atoms with van der Waals surface area (Å²) in [5.74, 6) is 2.67. The smallest absolute Gasteiger partial charge is 0.223 e. The molecule has 1 atom stereocenters. The van der Waals surface area contributed by atoms with E-state index in [1.807, 2.05) is 29.9 Å². The topological polar surface area (TPSA) is 100 Å². The van der Waals surface area contributed by atoms with Gasteiger partial charge in [-0.2, -0.15) is 4.98 Å². The molecule has 0 spiro atoms. The summed E-state index contributed by atoms with van der Waals surface area (Å²) in [4.78, 5) is 12.5. The average Bonchev–Trinajstić information content (AvgIpc) is 3.04. The Kier molecular flexibility index (Phi) is 5.13. The van der Waals surface area contributed by atoms with Crippen molar-refractivity contribution in [3.05, 3.63) is 53.2 Å². The van der Waals surface area contributed by atoms with Crippen LogP contribution in [-0.2, 0) is 7.05 Å². The van der Waals surface area contributed by atoms with Crippen molar-refractivity contribution in [1.29, 1.82) is 0 Å². The lowest BCUT2D eigenvalue weighted by Gasteiger charge is -2.21. The highest BCUT2D eigenvalue weighted by Gasteiger charge is 2.21. The minimum atomic E-state index is -0.343. The second-order valence-electron chi connectivity index (χ2n) is 5.55. The third-order valence-electron chi connectivity index (χ3n) is 3.83. The van der Waals surface area contributed by atoms with Crippen LogP contribution in [0.5, 0.6) is 11.5 Å². The second-order valence-corrected chi connectivity index (χ2v) is 5.94. The zero-order valence-corrected chi connectivity index (χ0v) is 15.4. The number of imidazole rings is 1. The lowest BCUT2D eigenvalue weighted by atomic mass is 10.0. The van der Waals surface area contributed by atoms with Crippen LogP contribution in [0, 0.1) is 0 Å². The largest absolute Gasteiger partial charge is 0.497 e. The molecule has 0 aliphatic carbocycles. The molecule has 0 saturated carbocycles. The molecule has 8 nitrogen and oxygen atoms in total. The summed E-state index contributed by atoms with van der Waals surface area (Å²) in [5, 5.41) is 3.56. The lowest BCUT2D eigenvalue weighted by molar-refractivity contribution is 0.393. The molecule has 2 heterocycles. The molecule has 0 fully saturated rings. The van der Waals surface area contributed by atoms with Crippen LogP contribution in [0.25, 0.3) is 0 Å². The molecule has 2 aromatic heterocycles. The van der Waals surface area contributed by atoms with Gasteiger partial charge >= 0.3 is 0 Å². The highest BCUT2D eigenvalue weighted by molar-refractivity contribution is 6.29. The number of nitrogens with one attached hydrogen (secondary N) is 1. The number of rotatable bonds is 6. The van der Waals surface area contributed by atoms with Gasteiger partial charge in [0.1, 0.15) is 34.3 Å². The van der Waals surface area contributed by atoms with Crippen LogP contribution < -0.4 is 20.5 Å². The Morgan fingerprint density at radius 3 is 2.35 bits per heavy atom. The molecule has 3 N–H and O–H groups in total. The van der Waals surface area contributed by atoms with Gasteiger partial charge in [-0.05, 0) is 17.7 Å². The molecular weight excluding hydrogens is 356 g/mol. The number of aryl methyl sites for hydroxylation is 1. The van der Waals surface area contributed by atoms with Gasteiger partial charge in [-0.3, -0.25) is 0 Å². The highest BCUT2D eigenvalue weighted by atomic mass is 35.5. The van der Waals surface area contributed by atoms with Crippen LogP contribution >= 0.6 is 11.6 Å². The summed E-state index contributed by atoms with van der Waals surface area (Å²) < 4.78 is 12.7. The number of halogens is 1. The summed E-state index contributed by atoms with van der Waals surface area (Å²) in [5.41, 5.74) is 6.58. The van der Waals surface area contributed by atoms with E-state index >= 15 is 0 Å². The highest BCUT2D eigenvalue weighted by Crippen LogP contribution is 2.31. The van der Waals surface area contributed by atoms with Gasteiger partial charge in [0, 0.05) is 31.6 Å². The van der Waals surface area contributed by atoms with Gasteiger partial charge in [0.2, 0.25) is 5.95 Å². The third-order valence-corrected chi connectivity index (χ3v) is 4.02. The lowest BCUT2D eigenvalue weighted by Crippen LogP contribution is -2.18. The molecule has 9 heteroatoms. The molecule has 136 valence electrons. The van der Waals surface area contributed by atoms with E-state index in [0.29, 0.717) is 17.3 Å². The van der Waals surface area contributed by atoms with Gasteiger partial charge in [-0.25, -0.2) is 9.97 Å². The summed E-state index contributed by atoms with van der Waals surface area (Å²) in [6, 6.07) is 6.87. The van der Waals surface area contributed by atoms with E-state index in [1.54, 1.807) is 32.5 Å². The van der Waals surface area contributed by atoms with Crippen molar-refractivity contribution < 1.29 is 9.47 Å². The zero-order valence-electron chi connectivity index (χ0n) is 14.6. The Morgan fingerprint density at radius 2 is 1.81 bits per heavy atom. The summed E-state index contributed by atoms with van der Waals surface area (Å²) in [7, 11) is 5.12. The predicted octanol–water partition coefficient (Wildman–Crippen LogP) is 2.66. The van der Waals surface area contributed by atoms with Crippen LogP contribution in [0.2, 0.25) is 5.15 Å². The first-order chi connectivity index (χ1) is 12.5. The standard InChI is InChI=1S/C17H19ClN6O2/c1-24-5-4-20-16(24)15(22-14-9-13(18)21-17(19)23-14)10-6-11(25-2)8-12(7-10)26-3/h4-9,15H,1-3H3,(H3,19,21,22,23). The molecule has 26 heavy (non-hydrogen) atoms. The van der Waals surface area contributed by atoms with Crippen molar-refractivity contribution >= 4 is 23.4 Å². The quantitative estimate of drug-likeness (QED) is 0.639. The Hall–Kier alpha value is -3.00. The monoisotopic (exact) mass is 374 g/mol. The number of benzene rings is 1. The van der Waals surface area contributed by atoms with Crippen LogP contribution in [0.4, 0.5) is 11.8 Å². The van der Waals surface area contributed by atoms with Crippen molar-refractivity contribution in [1.82, 2.24) is 19.5 Å². The Morgan fingerprint density at radius 1 is 1.12 bits per heavy atom. The Labute approximate surface area is 156 Å². The first-order valence-electron chi connectivity index (χ1n) is 7.77. The SMILES string of the molecule is COc1cc(OC)cc(C(Nc2cc(Cl)nc(N)n2)c2nccn2C)c1. The number of ether oxygens (including phenoxy) is 2. The number of aromatic nitrogens is 4. The number of nitrogen functional groups attached to an aromatic ring is 1. The number of nitrogens with zero attached hydrogens (tertiary/aromatic N) is 4. The van der Waals surface area contributed by atoms with E-state index < -0.39 is 0 Å².